The van der Waals surface area contributed by atoms with Crippen LogP contribution in [0.3, 0.4) is 0 Å². The van der Waals surface area contributed by atoms with E-state index in [2.05, 4.69) is 16.7 Å². The first-order valence-electron chi connectivity index (χ1n) is 9.01. The molecule has 0 atom stereocenters. The molecule has 0 saturated heterocycles. The molecule has 0 amide bonds. The Morgan fingerprint density at radius 2 is 1.50 bits per heavy atom. The van der Waals surface area contributed by atoms with E-state index >= 15 is 0 Å². The number of halogens is 1. The number of aromatic nitrogens is 3. The fraction of sp³-hybridized carbons (Fsp3) is 0.0435. The van der Waals surface area contributed by atoms with E-state index in [1.165, 1.54) is 0 Å². The predicted molar refractivity (Wildman–Crippen MR) is 113 cm³/mol. The fourth-order valence-corrected chi connectivity index (χ4v) is 3.68. The predicted octanol–water partition coefficient (Wildman–Crippen LogP) is 5.02. The summed E-state index contributed by atoms with van der Waals surface area (Å²) < 4.78 is 3.77. The lowest BCUT2D eigenvalue weighted by Crippen LogP contribution is -2.14. The first-order chi connectivity index (χ1) is 13.7. The van der Waals surface area contributed by atoms with Gasteiger partial charge in [-0.3, -0.25) is 4.79 Å². The van der Waals surface area contributed by atoms with Gasteiger partial charge in [0.15, 0.2) is 0 Å². The third-order valence-corrected chi connectivity index (χ3v) is 5.13. The molecular formula is C23H16ClN3O. The molecule has 3 aromatic carbocycles. The summed E-state index contributed by atoms with van der Waals surface area (Å²) in [5.41, 5.74) is 4.38. The molecule has 136 valence electrons. The highest BCUT2D eigenvalue weighted by Crippen LogP contribution is 2.23. The standard InChI is InChI=1S/C23H16ClN3O/c24-18-12-10-17(11-13-18)19-14-22(28)27-21-9-5-4-8-20(21)26(23(27)25-19)15-16-6-2-1-3-7-16/h1-14H,15H2. The van der Waals surface area contributed by atoms with Gasteiger partial charge in [0.05, 0.1) is 23.3 Å². The Kier molecular flexibility index (Phi) is 3.99. The monoisotopic (exact) mass is 385 g/mol. The molecule has 0 aliphatic rings. The third kappa shape index (κ3) is 2.79. The highest BCUT2D eigenvalue weighted by atomic mass is 35.5. The minimum Gasteiger partial charge on any atom is -0.305 e. The maximum absolute atomic E-state index is 13.0. The topological polar surface area (TPSA) is 39.3 Å². The first kappa shape index (κ1) is 16.8. The van der Waals surface area contributed by atoms with Gasteiger partial charge in [0, 0.05) is 16.7 Å². The fourth-order valence-electron chi connectivity index (χ4n) is 3.56. The molecule has 5 aromatic rings. The largest absolute Gasteiger partial charge is 0.305 e. The summed E-state index contributed by atoms with van der Waals surface area (Å²) in [5, 5.41) is 0.653. The maximum atomic E-state index is 13.0. The number of hydrogen-bond donors (Lipinski definition) is 0. The van der Waals surface area contributed by atoms with Crippen LogP contribution in [0.1, 0.15) is 5.56 Å². The lowest BCUT2D eigenvalue weighted by Gasteiger charge is -2.07. The normalized spacial score (nSPS) is 11.3. The number of benzene rings is 3. The van der Waals surface area contributed by atoms with E-state index in [0.717, 1.165) is 22.2 Å². The number of hydrogen-bond acceptors (Lipinski definition) is 2. The lowest BCUT2D eigenvalue weighted by atomic mass is 10.1. The zero-order valence-corrected chi connectivity index (χ0v) is 15.7. The lowest BCUT2D eigenvalue weighted by molar-refractivity contribution is 0.834. The highest BCUT2D eigenvalue weighted by Gasteiger charge is 2.15. The Balaban J connectivity index is 1.80. The molecule has 2 aromatic heterocycles. The average molecular weight is 386 g/mol. The number of para-hydroxylation sites is 2. The maximum Gasteiger partial charge on any atom is 0.260 e. The van der Waals surface area contributed by atoms with Crippen molar-refractivity contribution in [1.29, 1.82) is 0 Å². The van der Waals surface area contributed by atoms with E-state index in [9.17, 15) is 4.79 Å². The van der Waals surface area contributed by atoms with Crippen LogP contribution in [-0.2, 0) is 6.54 Å². The van der Waals surface area contributed by atoms with E-state index < -0.39 is 0 Å². The van der Waals surface area contributed by atoms with E-state index in [1.54, 1.807) is 22.6 Å². The van der Waals surface area contributed by atoms with Crippen LogP contribution in [0.25, 0.3) is 28.1 Å². The zero-order valence-electron chi connectivity index (χ0n) is 14.9. The quantitative estimate of drug-likeness (QED) is 0.437. The highest BCUT2D eigenvalue weighted by molar-refractivity contribution is 6.30. The van der Waals surface area contributed by atoms with Crippen molar-refractivity contribution < 1.29 is 0 Å². The van der Waals surface area contributed by atoms with Crippen molar-refractivity contribution in [1.82, 2.24) is 14.0 Å². The number of rotatable bonds is 3. The van der Waals surface area contributed by atoms with Crippen LogP contribution >= 0.6 is 11.6 Å². The molecule has 4 nitrogen and oxygen atoms in total. The molecule has 0 aliphatic heterocycles. The molecule has 0 fully saturated rings. The van der Waals surface area contributed by atoms with Gasteiger partial charge in [-0.05, 0) is 29.8 Å². The molecule has 0 N–H and O–H groups in total. The van der Waals surface area contributed by atoms with Crippen LogP contribution in [0.15, 0.2) is 89.7 Å². The summed E-state index contributed by atoms with van der Waals surface area (Å²) in [4.78, 5) is 17.9. The summed E-state index contributed by atoms with van der Waals surface area (Å²) in [6.45, 7) is 0.633. The summed E-state index contributed by atoms with van der Waals surface area (Å²) in [6, 6.07) is 27.0. The van der Waals surface area contributed by atoms with Gasteiger partial charge in [0.25, 0.3) is 5.56 Å². The van der Waals surface area contributed by atoms with E-state index in [1.807, 2.05) is 54.6 Å². The van der Waals surface area contributed by atoms with Gasteiger partial charge in [0.2, 0.25) is 5.78 Å². The van der Waals surface area contributed by atoms with Crippen molar-refractivity contribution in [2.45, 2.75) is 6.54 Å². The molecule has 28 heavy (non-hydrogen) atoms. The summed E-state index contributed by atoms with van der Waals surface area (Å²) in [7, 11) is 0. The smallest absolute Gasteiger partial charge is 0.260 e. The van der Waals surface area contributed by atoms with Gasteiger partial charge in [-0.25, -0.2) is 9.38 Å². The Morgan fingerprint density at radius 1 is 0.821 bits per heavy atom. The molecule has 5 rings (SSSR count). The Hall–Kier alpha value is -3.37. The average Bonchev–Trinajstić information content (AvgIpc) is 3.03. The number of imidazole rings is 1. The van der Waals surface area contributed by atoms with Crippen molar-refractivity contribution in [3.05, 3.63) is 106 Å². The van der Waals surface area contributed by atoms with Crippen LogP contribution in [0, 0.1) is 0 Å². The van der Waals surface area contributed by atoms with Crippen molar-refractivity contribution >= 4 is 28.4 Å². The molecular weight excluding hydrogens is 370 g/mol. The third-order valence-electron chi connectivity index (χ3n) is 4.88. The van der Waals surface area contributed by atoms with E-state index in [4.69, 9.17) is 16.6 Å². The van der Waals surface area contributed by atoms with Crippen molar-refractivity contribution in [3.8, 4) is 11.3 Å². The molecule has 5 heteroatoms. The minimum absolute atomic E-state index is 0.0991. The Morgan fingerprint density at radius 3 is 2.25 bits per heavy atom. The second-order valence-corrected chi connectivity index (χ2v) is 7.12. The van der Waals surface area contributed by atoms with Gasteiger partial charge in [-0.15, -0.1) is 0 Å². The molecule has 2 heterocycles. The summed E-state index contributed by atoms with van der Waals surface area (Å²) >= 11 is 6.00. The van der Waals surface area contributed by atoms with Crippen LogP contribution in [0.2, 0.25) is 5.02 Å². The Labute approximate surface area is 166 Å². The molecule has 0 aliphatic carbocycles. The molecule has 0 radical (unpaired) electrons. The van der Waals surface area contributed by atoms with E-state index in [-0.39, 0.29) is 5.56 Å². The number of fused-ring (bicyclic) bond motifs is 3. The van der Waals surface area contributed by atoms with Crippen LogP contribution in [0.5, 0.6) is 0 Å². The van der Waals surface area contributed by atoms with Gasteiger partial charge in [-0.2, -0.15) is 0 Å². The molecule has 0 saturated carbocycles. The first-order valence-corrected chi connectivity index (χ1v) is 9.39. The zero-order chi connectivity index (χ0) is 19.1. The van der Waals surface area contributed by atoms with Gasteiger partial charge in [-0.1, -0.05) is 66.2 Å². The minimum atomic E-state index is -0.0991. The summed E-state index contributed by atoms with van der Waals surface area (Å²) in [6.07, 6.45) is 0. The Bertz CT molecular complexity index is 1350. The van der Waals surface area contributed by atoms with Crippen molar-refractivity contribution in [3.63, 3.8) is 0 Å². The van der Waals surface area contributed by atoms with Gasteiger partial charge < -0.3 is 4.57 Å². The molecule has 0 bridgehead atoms. The second kappa shape index (κ2) is 6.66. The van der Waals surface area contributed by atoms with Gasteiger partial charge in [0.1, 0.15) is 0 Å². The number of nitrogens with zero attached hydrogens (tertiary/aromatic N) is 3. The van der Waals surface area contributed by atoms with Crippen LogP contribution in [0.4, 0.5) is 0 Å². The van der Waals surface area contributed by atoms with E-state index in [0.29, 0.717) is 23.0 Å². The van der Waals surface area contributed by atoms with Crippen LogP contribution in [-0.4, -0.2) is 14.0 Å². The van der Waals surface area contributed by atoms with Crippen LogP contribution < -0.4 is 5.56 Å². The SMILES string of the molecule is O=c1cc(-c2ccc(Cl)cc2)nc2n(Cc3ccccc3)c3ccccc3n12. The summed E-state index contributed by atoms with van der Waals surface area (Å²) in [5.74, 6) is 0.627. The van der Waals surface area contributed by atoms with Gasteiger partial charge >= 0.3 is 0 Å². The molecule has 0 spiro atoms. The van der Waals surface area contributed by atoms with Crippen molar-refractivity contribution in [2.75, 3.05) is 0 Å². The second-order valence-electron chi connectivity index (χ2n) is 6.68. The van der Waals surface area contributed by atoms with Crippen molar-refractivity contribution in [2.24, 2.45) is 0 Å². The molecule has 0 unspecified atom stereocenters.